The van der Waals surface area contributed by atoms with Crippen LogP contribution in [0.25, 0.3) is 5.52 Å². The molecule has 2 fully saturated rings. The first-order chi connectivity index (χ1) is 10.8. The van der Waals surface area contributed by atoms with Crippen molar-refractivity contribution in [3.63, 3.8) is 0 Å². The van der Waals surface area contributed by atoms with Gasteiger partial charge in [0.25, 0.3) is 5.91 Å². The number of piperidine rings is 1. The number of aliphatic hydroxyl groups is 1. The van der Waals surface area contributed by atoms with Crippen LogP contribution in [0, 0.1) is 5.92 Å². The van der Waals surface area contributed by atoms with Gasteiger partial charge in [0.15, 0.2) is 5.69 Å². The Labute approximate surface area is 129 Å². The van der Waals surface area contributed by atoms with E-state index in [0.29, 0.717) is 18.2 Å². The highest BCUT2D eigenvalue weighted by molar-refractivity contribution is 5.99. The monoisotopic (exact) mass is 299 g/mol. The molecule has 5 heteroatoms. The summed E-state index contributed by atoms with van der Waals surface area (Å²) in [4.78, 5) is 19.4. The van der Waals surface area contributed by atoms with E-state index in [-0.39, 0.29) is 18.4 Å². The molecule has 0 aromatic carbocycles. The lowest BCUT2D eigenvalue weighted by Gasteiger charge is -2.31. The zero-order chi connectivity index (χ0) is 15.1. The number of hydrogen-bond donors (Lipinski definition) is 1. The maximum atomic E-state index is 12.9. The Bertz CT molecular complexity index is 705. The molecule has 1 atom stereocenters. The summed E-state index contributed by atoms with van der Waals surface area (Å²) in [5.74, 6) is 1.74. The number of aromatic nitrogens is 2. The van der Waals surface area contributed by atoms with Gasteiger partial charge in [-0.15, -0.1) is 0 Å². The molecular formula is C17H21N3O2. The molecule has 3 heterocycles. The third-order valence-corrected chi connectivity index (χ3v) is 4.79. The molecule has 2 aliphatic rings. The van der Waals surface area contributed by atoms with E-state index in [1.807, 2.05) is 29.3 Å². The number of nitrogens with zero attached hydrogens (tertiary/aromatic N) is 3. The first-order valence-electron chi connectivity index (χ1n) is 8.15. The molecule has 2 aromatic rings. The fourth-order valence-electron chi connectivity index (χ4n) is 3.40. The maximum Gasteiger partial charge on any atom is 0.274 e. The largest absolute Gasteiger partial charge is 0.396 e. The van der Waals surface area contributed by atoms with E-state index in [1.54, 1.807) is 0 Å². The van der Waals surface area contributed by atoms with E-state index in [4.69, 9.17) is 0 Å². The van der Waals surface area contributed by atoms with E-state index >= 15 is 0 Å². The van der Waals surface area contributed by atoms with Gasteiger partial charge in [0.1, 0.15) is 5.82 Å². The van der Waals surface area contributed by atoms with Crippen LogP contribution >= 0.6 is 0 Å². The van der Waals surface area contributed by atoms with Crippen LogP contribution in [-0.4, -0.2) is 45.0 Å². The first-order valence-corrected chi connectivity index (χ1v) is 8.15. The summed E-state index contributed by atoms with van der Waals surface area (Å²) in [5, 5.41) is 9.36. The van der Waals surface area contributed by atoms with E-state index in [9.17, 15) is 9.90 Å². The highest BCUT2D eigenvalue weighted by Gasteiger charge is 2.32. The Morgan fingerprint density at radius 1 is 1.32 bits per heavy atom. The van der Waals surface area contributed by atoms with Crippen LogP contribution in [0.3, 0.4) is 0 Å². The van der Waals surface area contributed by atoms with Crippen LogP contribution < -0.4 is 0 Å². The summed E-state index contributed by atoms with van der Waals surface area (Å²) in [6, 6.07) is 5.91. The molecule has 1 aliphatic heterocycles. The Hall–Kier alpha value is -1.88. The van der Waals surface area contributed by atoms with Gasteiger partial charge in [-0.2, -0.15) is 0 Å². The van der Waals surface area contributed by atoms with Gasteiger partial charge in [0.2, 0.25) is 0 Å². The average Bonchev–Trinajstić information content (AvgIpc) is 3.35. The van der Waals surface area contributed by atoms with E-state index in [2.05, 4.69) is 9.38 Å². The second-order valence-electron chi connectivity index (χ2n) is 6.49. The number of fused-ring (bicyclic) bond motifs is 1. The number of carbonyl (C=O) groups excluding carboxylic acids is 1. The molecule has 22 heavy (non-hydrogen) atoms. The van der Waals surface area contributed by atoms with Crippen molar-refractivity contribution < 1.29 is 9.90 Å². The first kappa shape index (κ1) is 13.8. The molecule has 0 radical (unpaired) electrons. The van der Waals surface area contributed by atoms with E-state index < -0.39 is 0 Å². The molecule has 1 saturated carbocycles. The van der Waals surface area contributed by atoms with Gasteiger partial charge in [-0.1, -0.05) is 6.07 Å². The molecule has 2 aromatic heterocycles. The number of aliphatic hydroxyl groups excluding tert-OH is 1. The predicted octanol–water partition coefficient (Wildman–Crippen LogP) is 2.06. The molecule has 1 unspecified atom stereocenters. The molecule has 4 rings (SSSR count). The lowest BCUT2D eigenvalue weighted by atomic mass is 9.99. The van der Waals surface area contributed by atoms with Crippen molar-refractivity contribution in [3.8, 4) is 0 Å². The zero-order valence-corrected chi connectivity index (χ0v) is 12.6. The summed E-state index contributed by atoms with van der Waals surface area (Å²) in [5.41, 5.74) is 1.47. The number of imidazole rings is 1. The number of likely N-dealkylation sites (tertiary alicyclic amines) is 1. The van der Waals surface area contributed by atoms with E-state index in [0.717, 1.165) is 43.6 Å². The molecular weight excluding hydrogens is 278 g/mol. The fraction of sp³-hybridized carbons (Fsp3) is 0.529. The van der Waals surface area contributed by atoms with Gasteiger partial charge >= 0.3 is 0 Å². The minimum absolute atomic E-state index is 0.00810. The van der Waals surface area contributed by atoms with Crippen molar-refractivity contribution in [3.05, 3.63) is 35.9 Å². The zero-order valence-electron chi connectivity index (χ0n) is 12.6. The smallest absolute Gasteiger partial charge is 0.274 e. The molecule has 5 nitrogen and oxygen atoms in total. The topological polar surface area (TPSA) is 57.8 Å². The van der Waals surface area contributed by atoms with Crippen LogP contribution in [0.1, 0.15) is 47.9 Å². The van der Waals surface area contributed by atoms with Crippen LogP contribution in [-0.2, 0) is 0 Å². The predicted molar refractivity (Wildman–Crippen MR) is 82.9 cm³/mol. The van der Waals surface area contributed by atoms with Gasteiger partial charge in [-0.05, 0) is 43.7 Å². The highest BCUT2D eigenvalue weighted by Crippen LogP contribution is 2.40. The van der Waals surface area contributed by atoms with Crippen LogP contribution in [0.2, 0.25) is 0 Å². The van der Waals surface area contributed by atoms with Crippen molar-refractivity contribution in [1.29, 1.82) is 0 Å². The normalized spacial score (nSPS) is 22.2. The van der Waals surface area contributed by atoms with Crippen LogP contribution in [0.4, 0.5) is 0 Å². The standard InChI is InChI=1S/C17H21N3O2/c21-11-12-4-3-8-19(10-12)17(22)15-14-5-1-2-9-20(14)16(18-15)13-6-7-13/h1-2,5,9,12-13,21H,3-4,6-8,10-11H2. The van der Waals surface area contributed by atoms with Gasteiger partial charge < -0.3 is 14.4 Å². The number of carbonyl (C=O) groups is 1. The summed E-state index contributed by atoms with van der Waals surface area (Å²) >= 11 is 0. The molecule has 0 bridgehead atoms. The Morgan fingerprint density at radius 2 is 2.18 bits per heavy atom. The maximum absolute atomic E-state index is 12.9. The summed E-state index contributed by atoms with van der Waals surface area (Å²) in [6.07, 6.45) is 6.28. The van der Waals surface area contributed by atoms with Crippen molar-refractivity contribution in [2.75, 3.05) is 19.7 Å². The second kappa shape index (κ2) is 5.39. The third kappa shape index (κ3) is 2.29. The van der Waals surface area contributed by atoms with Crippen LogP contribution in [0.5, 0.6) is 0 Å². The Kier molecular flexibility index (Phi) is 3.37. The number of amides is 1. The molecule has 1 saturated heterocycles. The highest BCUT2D eigenvalue weighted by atomic mass is 16.3. The minimum Gasteiger partial charge on any atom is -0.396 e. The molecule has 116 valence electrons. The van der Waals surface area contributed by atoms with Gasteiger partial charge in [0.05, 0.1) is 5.52 Å². The molecule has 1 amide bonds. The number of pyridine rings is 1. The van der Waals surface area contributed by atoms with Crippen molar-refractivity contribution in [2.45, 2.75) is 31.6 Å². The van der Waals surface area contributed by atoms with Gasteiger partial charge in [-0.25, -0.2) is 4.98 Å². The van der Waals surface area contributed by atoms with Crippen LogP contribution in [0.15, 0.2) is 24.4 Å². The van der Waals surface area contributed by atoms with Crippen molar-refractivity contribution >= 4 is 11.4 Å². The molecule has 1 N–H and O–H groups in total. The quantitative estimate of drug-likeness (QED) is 0.944. The minimum atomic E-state index is 0.00810. The lowest BCUT2D eigenvalue weighted by Crippen LogP contribution is -2.41. The summed E-state index contributed by atoms with van der Waals surface area (Å²) < 4.78 is 2.07. The Balaban J connectivity index is 1.69. The summed E-state index contributed by atoms with van der Waals surface area (Å²) in [6.45, 7) is 1.56. The second-order valence-corrected chi connectivity index (χ2v) is 6.49. The Morgan fingerprint density at radius 3 is 2.95 bits per heavy atom. The van der Waals surface area contributed by atoms with Crippen molar-refractivity contribution in [2.24, 2.45) is 5.92 Å². The molecule has 1 aliphatic carbocycles. The SMILES string of the molecule is O=C(c1nc(C2CC2)n2ccccc12)N1CCCC(CO)C1. The molecule has 0 spiro atoms. The lowest BCUT2D eigenvalue weighted by molar-refractivity contribution is 0.0617. The van der Waals surface area contributed by atoms with Gasteiger partial charge in [0, 0.05) is 31.8 Å². The average molecular weight is 299 g/mol. The summed E-state index contributed by atoms with van der Waals surface area (Å²) in [7, 11) is 0. The third-order valence-electron chi connectivity index (χ3n) is 4.79. The number of hydrogen-bond acceptors (Lipinski definition) is 3. The number of rotatable bonds is 3. The van der Waals surface area contributed by atoms with Crippen molar-refractivity contribution in [1.82, 2.24) is 14.3 Å². The fourth-order valence-corrected chi connectivity index (χ4v) is 3.40. The van der Waals surface area contributed by atoms with E-state index in [1.165, 1.54) is 0 Å². The van der Waals surface area contributed by atoms with Gasteiger partial charge in [-0.3, -0.25) is 4.79 Å².